The van der Waals surface area contributed by atoms with Gasteiger partial charge in [0.05, 0.1) is 0 Å². The van der Waals surface area contributed by atoms with E-state index in [0.29, 0.717) is 6.61 Å². The highest BCUT2D eigenvalue weighted by molar-refractivity contribution is 4.74. The molecule has 0 aromatic carbocycles. The van der Waals surface area contributed by atoms with Crippen LogP contribution < -0.4 is 0 Å². The molecule has 0 aromatic rings. The van der Waals surface area contributed by atoms with Gasteiger partial charge in [0.15, 0.2) is 0 Å². The molecule has 2 heteroatoms. The molecule has 15 heavy (non-hydrogen) atoms. The molecule has 0 saturated heterocycles. The number of nitrogens with zero attached hydrogens (tertiary/aromatic N) is 1. The lowest BCUT2D eigenvalue weighted by molar-refractivity contribution is 0.159. The molecule has 1 aliphatic rings. The summed E-state index contributed by atoms with van der Waals surface area (Å²) in [4.78, 5) is 2.65. The van der Waals surface area contributed by atoms with Crippen LogP contribution in [-0.4, -0.2) is 35.7 Å². The number of hydrogen-bond donors (Lipinski definition) is 1. The Hall–Kier alpha value is -0.0800. The summed E-state index contributed by atoms with van der Waals surface area (Å²) >= 11 is 0. The second-order valence-corrected chi connectivity index (χ2v) is 4.70. The third-order valence-electron chi connectivity index (χ3n) is 3.60. The predicted molar refractivity (Wildman–Crippen MR) is 65.1 cm³/mol. The molecule has 0 aromatic heterocycles. The first-order valence-corrected chi connectivity index (χ1v) is 6.73. The zero-order chi connectivity index (χ0) is 10.9. The van der Waals surface area contributed by atoms with Gasteiger partial charge in [-0.1, -0.05) is 26.2 Å². The molecule has 0 amide bonds. The lowest BCUT2D eigenvalue weighted by Crippen LogP contribution is -2.37. The van der Waals surface area contributed by atoms with Crippen molar-refractivity contribution in [3.63, 3.8) is 0 Å². The standard InChI is InChI=1S/C13H27NO/c1-2-14(11-7-4-8-12-15)13-9-5-3-6-10-13/h13,15H,2-12H2,1H3. The third kappa shape index (κ3) is 4.98. The highest BCUT2D eigenvalue weighted by atomic mass is 16.2. The first-order chi connectivity index (χ1) is 7.38. The van der Waals surface area contributed by atoms with Gasteiger partial charge in [0, 0.05) is 12.6 Å². The molecule has 90 valence electrons. The molecular weight excluding hydrogens is 186 g/mol. The van der Waals surface area contributed by atoms with E-state index >= 15 is 0 Å². The zero-order valence-corrected chi connectivity index (χ0v) is 10.2. The Morgan fingerprint density at radius 3 is 2.40 bits per heavy atom. The Morgan fingerprint density at radius 2 is 1.80 bits per heavy atom. The molecular formula is C13H27NO. The van der Waals surface area contributed by atoms with Crippen LogP contribution in [0.1, 0.15) is 58.3 Å². The SMILES string of the molecule is CCN(CCCCCO)C1CCCCC1. The Kier molecular flexibility index (Phi) is 7.03. The predicted octanol–water partition coefficient (Wildman–Crippen LogP) is 2.80. The molecule has 0 heterocycles. The summed E-state index contributed by atoms with van der Waals surface area (Å²) in [6.45, 7) is 5.07. The average molecular weight is 213 g/mol. The number of unbranched alkanes of at least 4 members (excludes halogenated alkanes) is 2. The molecule has 1 N–H and O–H groups in total. The van der Waals surface area contributed by atoms with Crippen molar-refractivity contribution in [1.82, 2.24) is 4.90 Å². The van der Waals surface area contributed by atoms with E-state index in [4.69, 9.17) is 5.11 Å². The number of aliphatic hydroxyl groups is 1. The van der Waals surface area contributed by atoms with Gasteiger partial charge in [0.2, 0.25) is 0 Å². The van der Waals surface area contributed by atoms with E-state index in [0.717, 1.165) is 12.5 Å². The summed E-state index contributed by atoms with van der Waals surface area (Å²) in [5, 5.41) is 8.72. The smallest absolute Gasteiger partial charge is 0.0431 e. The van der Waals surface area contributed by atoms with Crippen LogP contribution in [0.25, 0.3) is 0 Å². The fraction of sp³-hybridized carbons (Fsp3) is 1.00. The lowest BCUT2D eigenvalue weighted by atomic mass is 9.94. The van der Waals surface area contributed by atoms with Gasteiger partial charge in [-0.15, -0.1) is 0 Å². The van der Waals surface area contributed by atoms with Gasteiger partial charge in [0.1, 0.15) is 0 Å². The van der Waals surface area contributed by atoms with E-state index < -0.39 is 0 Å². The molecule has 1 aliphatic carbocycles. The number of hydrogen-bond acceptors (Lipinski definition) is 2. The normalized spacial score (nSPS) is 18.6. The molecule has 0 aliphatic heterocycles. The molecule has 0 bridgehead atoms. The van der Waals surface area contributed by atoms with Gasteiger partial charge >= 0.3 is 0 Å². The zero-order valence-electron chi connectivity index (χ0n) is 10.2. The number of rotatable bonds is 7. The van der Waals surface area contributed by atoms with Gasteiger partial charge in [0.25, 0.3) is 0 Å². The van der Waals surface area contributed by atoms with Gasteiger partial charge in [-0.3, -0.25) is 0 Å². The van der Waals surface area contributed by atoms with Crippen molar-refractivity contribution in [1.29, 1.82) is 0 Å². The van der Waals surface area contributed by atoms with Crippen LogP contribution >= 0.6 is 0 Å². The largest absolute Gasteiger partial charge is 0.396 e. The van der Waals surface area contributed by atoms with Gasteiger partial charge in [-0.05, 0) is 45.2 Å². The maximum atomic E-state index is 8.72. The Labute approximate surface area is 94.7 Å². The lowest BCUT2D eigenvalue weighted by Gasteiger charge is -2.33. The van der Waals surface area contributed by atoms with Crippen LogP contribution in [0.3, 0.4) is 0 Å². The summed E-state index contributed by atoms with van der Waals surface area (Å²) in [5.74, 6) is 0. The van der Waals surface area contributed by atoms with Gasteiger partial charge in [-0.25, -0.2) is 0 Å². The molecule has 0 radical (unpaired) electrons. The highest BCUT2D eigenvalue weighted by Gasteiger charge is 2.18. The van der Waals surface area contributed by atoms with Crippen LogP contribution in [0.4, 0.5) is 0 Å². The Morgan fingerprint density at radius 1 is 1.07 bits per heavy atom. The fourth-order valence-electron chi connectivity index (χ4n) is 2.65. The minimum atomic E-state index is 0.357. The second kappa shape index (κ2) is 8.12. The van der Waals surface area contributed by atoms with Crippen LogP contribution in [-0.2, 0) is 0 Å². The maximum Gasteiger partial charge on any atom is 0.0431 e. The summed E-state index contributed by atoms with van der Waals surface area (Å²) < 4.78 is 0. The van der Waals surface area contributed by atoms with Crippen LogP contribution in [0, 0.1) is 0 Å². The minimum absolute atomic E-state index is 0.357. The fourth-order valence-corrected chi connectivity index (χ4v) is 2.65. The molecule has 0 unspecified atom stereocenters. The molecule has 1 rings (SSSR count). The van der Waals surface area contributed by atoms with Crippen molar-refractivity contribution < 1.29 is 5.11 Å². The summed E-state index contributed by atoms with van der Waals surface area (Å²) in [5.41, 5.74) is 0. The topological polar surface area (TPSA) is 23.5 Å². The first-order valence-electron chi connectivity index (χ1n) is 6.73. The summed E-state index contributed by atoms with van der Waals surface area (Å²) in [6, 6.07) is 0.859. The van der Waals surface area contributed by atoms with Gasteiger partial charge in [-0.2, -0.15) is 0 Å². The van der Waals surface area contributed by atoms with E-state index in [-0.39, 0.29) is 0 Å². The summed E-state index contributed by atoms with van der Waals surface area (Å²) in [7, 11) is 0. The van der Waals surface area contributed by atoms with Crippen molar-refractivity contribution in [2.75, 3.05) is 19.7 Å². The summed E-state index contributed by atoms with van der Waals surface area (Å²) in [6.07, 6.45) is 10.5. The quantitative estimate of drug-likeness (QED) is 0.657. The van der Waals surface area contributed by atoms with Crippen molar-refractivity contribution in [3.8, 4) is 0 Å². The molecule has 0 atom stereocenters. The highest BCUT2D eigenvalue weighted by Crippen LogP contribution is 2.22. The van der Waals surface area contributed by atoms with Crippen molar-refractivity contribution in [2.45, 2.75) is 64.3 Å². The van der Waals surface area contributed by atoms with Gasteiger partial charge < -0.3 is 10.0 Å². The van der Waals surface area contributed by atoms with E-state index in [2.05, 4.69) is 11.8 Å². The molecule has 1 fully saturated rings. The minimum Gasteiger partial charge on any atom is -0.396 e. The number of aliphatic hydroxyl groups excluding tert-OH is 1. The average Bonchev–Trinajstić information content (AvgIpc) is 2.30. The van der Waals surface area contributed by atoms with Crippen LogP contribution in [0.5, 0.6) is 0 Å². The van der Waals surface area contributed by atoms with Crippen LogP contribution in [0.2, 0.25) is 0 Å². The Balaban J connectivity index is 2.15. The van der Waals surface area contributed by atoms with Crippen LogP contribution in [0.15, 0.2) is 0 Å². The van der Waals surface area contributed by atoms with E-state index in [9.17, 15) is 0 Å². The monoisotopic (exact) mass is 213 g/mol. The Bertz CT molecular complexity index is 143. The molecule has 0 spiro atoms. The van der Waals surface area contributed by atoms with E-state index in [1.54, 1.807) is 0 Å². The first kappa shape index (κ1) is 13.0. The molecule has 2 nitrogen and oxygen atoms in total. The second-order valence-electron chi connectivity index (χ2n) is 4.70. The third-order valence-corrected chi connectivity index (χ3v) is 3.60. The van der Waals surface area contributed by atoms with E-state index in [1.165, 1.54) is 58.0 Å². The maximum absolute atomic E-state index is 8.72. The van der Waals surface area contributed by atoms with Crippen molar-refractivity contribution >= 4 is 0 Å². The molecule has 1 saturated carbocycles. The van der Waals surface area contributed by atoms with E-state index in [1.807, 2.05) is 0 Å². The van der Waals surface area contributed by atoms with Crippen molar-refractivity contribution in [2.24, 2.45) is 0 Å². The van der Waals surface area contributed by atoms with Crippen molar-refractivity contribution in [3.05, 3.63) is 0 Å².